The molecule has 0 saturated heterocycles. The number of carbonyl (C=O) groups is 1. The third-order valence-corrected chi connectivity index (χ3v) is 4.52. The van der Waals surface area contributed by atoms with Crippen molar-refractivity contribution in [2.45, 2.75) is 19.3 Å². The maximum absolute atomic E-state index is 12.6. The Labute approximate surface area is 151 Å². The van der Waals surface area contributed by atoms with Crippen LogP contribution in [0.1, 0.15) is 17.9 Å². The normalized spacial score (nSPS) is 12.9. The first-order valence-corrected chi connectivity index (χ1v) is 8.59. The molecule has 6 nitrogen and oxygen atoms in total. The summed E-state index contributed by atoms with van der Waals surface area (Å²) in [6.07, 6.45) is 1.67. The molecule has 0 aliphatic carbocycles. The Morgan fingerprint density at radius 1 is 1.19 bits per heavy atom. The number of ether oxygens (including phenoxy) is 1. The van der Waals surface area contributed by atoms with E-state index in [2.05, 4.69) is 16.3 Å². The topological polar surface area (TPSA) is 68.5 Å². The Hall–Kier alpha value is -3.15. The highest BCUT2D eigenvalue weighted by atomic mass is 16.5. The molecule has 132 valence electrons. The molecule has 2 heterocycles. The fourth-order valence-electron chi connectivity index (χ4n) is 3.17. The fourth-order valence-corrected chi connectivity index (χ4v) is 3.17. The van der Waals surface area contributed by atoms with Crippen LogP contribution in [0.3, 0.4) is 0 Å². The van der Waals surface area contributed by atoms with Gasteiger partial charge in [-0.1, -0.05) is 24.3 Å². The molecule has 0 bridgehead atoms. The van der Waals surface area contributed by atoms with Crippen LogP contribution < -0.4 is 9.64 Å². The van der Waals surface area contributed by atoms with E-state index in [0.717, 1.165) is 30.0 Å². The number of nitrogens with zero attached hydrogens (tertiary/aromatic N) is 3. The van der Waals surface area contributed by atoms with Crippen LogP contribution in [0.5, 0.6) is 5.75 Å². The standard InChI is InChI=1S/C20H19N3O3/c1-25-16-7-4-6-15(13-16)20-22-21-18(26-20)9-10-19(24)23-12-11-14-5-2-3-8-17(14)23/h2-8,13H,9-12H2,1H3. The second-order valence-corrected chi connectivity index (χ2v) is 6.16. The zero-order valence-corrected chi connectivity index (χ0v) is 14.5. The van der Waals surface area contributed by atoms with Crippen LogP contribution in [-0.4, -0.2) is 29.8 Å². The first-order chi connectivity index (χ1) is 12.7. The lowest BCUT2D eigenvalue weighted by Gasteiger charge is -2.16. The van der Waals surface area contributed by atoms with Gasteiger partial charge in [0.15, 0.2) is 0 Å². The summed E-state index contributed by atoms with van der Waals surface area (Å²) in [4.78, 5) is 14.4. The predicted molar refractivity (Wildman–Crippen MR) is 97.1 cm³/mol. The van der Waals surface area contributed by atoms with Gasteiger partial charge in [0.2, 0.25) is 17.7 Å². The number of amides is 1. The van der Waals surface area contributed by atoms with Crippen molar-refractivity contribution in [3.63, 3.8) is 0 Å². The molecule has 0 saturated carbocycles. The minimum absolute atomic E-state index is 0.0797. The summed E-state index contributed by atoms with van der Waals surface area (Å²) in [7, 11) is 1.61. The molecule has 0 radical (unpaired) electrons. The number of benzene rings is 2. The number of aryl methyl sites for hydroxylation is 1. The summed E-state index contributed by atoms with van der Waals surface area (Å²) in [6.45, 7) is 0.733. The summed E-state index contributed by atoms with van der Waals surface area (Å²) in [5.74, 6) is 1.70. The number of hydrogen-bond acceptors (Lipinski definition) is 5. The minimum Gasteiger partial charge on any atom is -0.497 e. The number of methoxy groups -OCH3 is 1. The van der Waals surface area contributed by atoms with Crippen LogP contribution in [0, 0.1) is 0 Å². The zero-order valence-electron chi connectivity index (χ0n) is 14.5. The Morgan fingerprint density at radius 3 is 2.96 bits per heavy atom. The first-order valence-electron chi connectivity index (χ1n) is 8.59. The number of hydrogen-bond donors (Lipinski definition) is 0. The Kier molecular flexibility index (Phi) is 4.39. The van der Waals surface area contributed by atoms with Crippen molar-refractivity contribution < 1.29 is 13.9 Å². The van der Waals surface area contributed by atoms with Gasteiger partial charge in [0.25, 0.3) is 0 Å². The molecule has 0 atom stereocenters. The largest absolute Gasteiger partial charge is 0.497 e. The van der Waals surface area contributed by atoms with Crippen LogP contribution >= 0.6 is 0 Å². The monoisotopic (exact) mass is 349 g/mol. The fraction of sp³-hybridized carbons (Fsp3) is 0.250. The summed E-state index contributed by atoms with van der Waals surface area (Å²) >= 11 is 0. The Morgan fingerprint density at radius 2 is 2.08 bits per heavy atom. The number of anilines is 1. The summed E-state index contributed by atoms with van der Waals surface area (Å²) < 4.78 is 10.9. The van der Waals surface area contributed by atoms with E-state index in [1.165, 1.54) is 5.56 Å². The highest BCUT2D eigenvalue weighted by Gasteiger charge is 2.24. The van der Waals surface area contributed by atoms with E-state index in [1.54, 1.807) is 7.11 Å². The second-order valence-electron chi connectivity index (χ2n) is 6.16. The number of rotatable bonds is 5. The van der Waals surface area contributed by atoms with E-state index < -0.39 is 0 Å². The van der Waals surface area contributed by atoms with E-state index in [-0.39, 0.29) is 5.91 Å². The SMILES string of the molecule is COc1cccc(-c2nnc(CCC(=O)N3CCc4ccccc43)o2)c1. The van der Waals surface area contributed by atoms with Crippen molar-refractivity contribution in [1.29, 1.82) is 0 Å². The lowest BCUT2D eigenvalue weighted by Crippen LogP contribution is -2.29. The molecule has 4 rings (SSSR count). The number of aromatic nitrogens is 2. The molecule has 1 amide bonds. The molecule has 3 aromatic rings. The molecular weight excluding hydrogens is 330 g/mol. The van der Waals surface area contributed by atoms with E-state index >= 15 is 0 Å². The van der Waals surface area contributed by atoms with Crippen LogP contribution in [0.15, 0.2) is 52.9 Å². The van der Waals surface area contributed by atoms with Crippen LogP contribution in [0.2, 0.25) is 0 Å². The lowest BCUT2D eigenvalue weighted by molar-refractivity contribution is -0.118. The van der Waals surface area contributed by atoms with Gasteiger partial charge in [-0.15, -0.1) is 10.2 Å². The number of fused-ring (bicyclic) bond motifs is 1. The van der Waals surface area contributed by atoms with Gasteiger partial charge in [-0.3, -0.25) is 4.79 Å². The number of para-hydroxylation sites is 1. The van der Waals surface area contributed by atoms with Gasteiger partial charge in [-0.2, -0.15) is 0 Å². The molecule has 1 aliphatic rings. The van der Waals surface area contributed by atoms with Gasteiger partial charge in [-0.25, -0.2) is 0 Å². The van der Waals surface area contributed by atoms with Crippen molar-refractivity contribution in [3.05, 3.63) is 60.0 Å². The Bertz CT molecular complexity index is 935. The van der Waals surface area contributed by atoms with E-state index in [4.69, 9.17) is 9.15 Å². The van der Waals surface area contributed by atoms with Crippen LogP contribution in [-0.2, 0) is 17.6 Å². The molecule has 0 spiro atoms. The zero-order chi connectivity index (χ0) is 17.9. The maximum Gasteiger partial charge on any atom is 0.247 e. The summed E-state index contributed by atoms with van der Waals surface area (Å²) in [5.41, 5.74) is 3.03. The molecule has 6 heteroatoms. The highest BCUT2D eigenvalue weighted by Crippen LogP contribution is 2.28. The first kappa shape index (κ1) is 16.3. The third kappa shape index (κ3) is 3.18. The van der Waals surface area contributed by atoms with E-state index in [9.17, 15) is 4.79 Å². The van der Waals surface area contributed by atoms with E-state index in [0.29, 0.717) is 24.6 Å². The molecule has 2 aromatic carbocycles. The summed E-state index contributed by atoms with van der Waals surface area (Å²) in [6, 6.07) is 15.5. The van der Waals surface area contributed by atoms with Gasteiger partial charge >= 0.3 is 0 Å². The van der Waals surface area contributed by atoms with Gasteiger partial charge in [0.05, 0.1) is 7.11 Å². The van der Waals surface area contributed by atoms with Gasteiger partial charge in [0.1, 0.15) is 5.75 Å². The minimum atomic E-state index is 0.0797. The van der Waals surface area contributed by atoms with Crippen molar-refractivity contribution in [1.82, 2.24) is 10.2 Å². The van der Waals surface area contributed by atoms with Gasteiger partial charge < -0.3 is 14.1 Å². The van der Waals surface area contributed by atoms with Gasteiger partial charge in [-0.05, 0) is 36.2 Å². The highest BCUT2D eigenvalue weighted by molar-refractivity contribution is 5.95. The smallest absolute Gasteiger partial charge is 0.247 e. The molecule has 26 heavy (non-hydrogen) atoms. The quantitative estimate of drug-likeness (QED) is 0.707. The summed E-state index contributed by atoms with van der Waals surface area (Å²) in [5, 5.41) is 8.14. The molecule has 0 fully saturated rings. The van der Waals surface area contributed by atoms with Gasteiger partial charge in [0, 0.05) is 30.6 Å². The average molecular weight is 349 g/mol. The average Bonchev–Trinajstić information content (AvgIpc) is 3.33. The number of carbonyl (C=O) groups excluding carboxylic acids is 1. The van der Waals surface area contributed by atoms with Crippen molar-refractivity contribution >= 4 is 11.6 Å². The maximum atomic E-state index is 12.6. The lowest BCUT2D eigenvalue weighted by atomic mass is 10.2. The van der Waals surface area contributed by atoms with Crippen LogP contribution in [0.4, 0.5) is 5.69 Å². The second kappa shape index (κ2) is 7.00. The predicted octanol–water partition coefficient (Wildman–Crippen LogP) is 3.27. The molecule has 0 unspecified atom stereocenters. The molecule has 1 aromatic heterocycles. The molecular formula is C20H19N3O3. The van der Waals surface area contributed by atoms with Crippen molar-refractivity contribution in [2.24, 2.45) is 0 Å². The molecule has 0 N–H and O–H groups in total. The Balaban J connectivity index is 1.41. The third-order valence-electron chi connectivity index (χ3n) is 4.52. The van der Waals surface area contributed by atoms with Crippen LogP contribution in [0.25, 0.3) is 11.5 Å². The van der Waals surface area contributed by atoms with Crippen molar-refractivity contribution in [2.75, 3.05) is 18.6 Å². The van der Waals surface area contributed by atoms with E-state index in [1.807, 2.05) is 47.4 Å². The van der Waals surface area contributed by atoms with Crippen molar-refractivity contribution in [3.8, 4) is 17.2 Å². The molecule has 1 aliphatic heterocycles.